The van der Waals surface area contributed by atoms with Gasteiger partial charge in [-0.15, -0.1) is 0 Å². The van der Waals surface area contributed by atoms with Gasteiger partial charge in [0.1, 0.15) is 12.1 Å². The fraction of sp³-hybridized carbons (Fsp3) is 0.727. The standard InChI is InChI=1S/C11H17NO6/c1-17-9(13)5-4-7(11(15)16)12-10(14)8-3-2-6-18-8/h7-8H,2-6H2,1H3,(H,12,14)(H,15,16)/t7-,8?/m0/s1. The van der Waals surface area contributed by atoms with E-state index >= 15 is 0 Å². The summed E-state index contributed by atoms with van der Waals surface area (Å²) in [6, 6.07) is -1.10. The molecule has 1 fully saturated rings. The van der Waals surface area contributed by atoms with Crippen molar-refractivity contribution >= 4 is 17.8 Å². The predicted molar refractivity (Wildman–Crippen MR) is 59.8 cm³/mol. The van der Waals surface area contributed by atoms with Gasteiger partial charge >= 0.3 is 11.9 Å². The number of ether oxygens (including phenoxy) is 2. The molecule has 1 heterocycles. The van der Waals surface area contributed by atoms with Crippen LogP contribution >= 0.6 is 0 Å². The number of carboxylic acids is 1. The van der Waals surface area contributed by atoms with E-state index in [0.717, 1.165) is 6.42 Å². The lowest BCUT2D eigenvalue weighted by Crippen LogP contribution is -2.45. The Morgan fingerprint density at radius 3 is 2.72 bits per heavy atom. The van der Waals surface area contributed by atoms with Gasteiger partial charge < -0.3 is 19.9 Å². The van der Waals surface area contributed by atoms with Gasteiger partial charge in [0.05, 0.1) is 7.11 Å². The van der Waals surface area contributed by atoms with Crippen LogP contribution in [0.25, 0.3) is 0 Å². The summed E-state index contributed by atoms with van der Waals surface area (Å²) in [4.78, 5) is 33.5. The number of hydrogen-bond acceptors (Lipinski definition) is 5. The monoisotopic (exact) mass is 259 g/mol. The Kier molecular flexibility index (Phi) is 5.57. The third-order valence-electron chi connectivity index (χ3n) is 2.70. The summed E-state index contributed by atoms with van der Waals surface area (Å²) in [5, 5.41) is 11.3. The molecule has 0 saturated carbocycles. The van der Waals surface area contributed by atoms with E-state index in [1.54, 1.807) is 0 Å². The van der Waals surface area contributed by atoms with Gasteiger partial charge in [0, 0.05) is 13.0 Å². The number of rotatable bonds is 6. The summed E-state index contributed by atoms with van der Waals surface area (Å²) in [5.74, 6) is -2.12. The van der Waals surface area contributed by atoms with Crippen molar-refractivity contribution in [3.8, 4) is 0 Å². The molecule has 102 valence electrons. The van der Waals surface area contributed by atoms with E-state index in [4.69, 9.17) is 9.84 Å². The van der Waals surface area contributed by atoms with Crippen LogP contribution in [0.15, 0.2) is 0 Å². The molecular formula is C11H17NO6. The molecule has 0 bridgehead atoms. The summed E-state index contributed by atoms with van der Waals surface area (Å²) in [7, 11) is 1.23. The number of nitrogens with one attached hydrogen (secondary N) is 1. The summed E-state index contributed by atoms with van der Waals surface area (Å²) in [6.07, 6.45) is 0.748. The number of aliphatic carboxylic acids is 1. The molecule has 2 atom stereocenters. The minimum atomic E-state index is -1.18. The smallest absolute Gasteiger partial charge is 0.326 e. The van der Waals surface area contributed by atoms with Crippen molar-refractivity contribution in [2.75, 3.05) is 13.7 Å². The first-order valence-corrected chi connectivity index (χ1v) is 5.76. The zero-order valence-corrected chi connectivity index (χ0v) is 10.2. The second-order valence-corrected chi connectivity index (χ2v) is 4.02. The topological polar surface area (TPSA) is 102 Å². The van der Waals surface area contributed by atoms with Crippen molar-refractivity contribution in [1.82, 2.24) is 5.32 Å². The van der Waals surface area contributed by atoms with Crippen molar-refractivity contribution in [2.45, 2.75) is 37.8 Å². The Bertz CT molecular complexity index is 323. The maximum absolute atomic E-state index is 11.7. The molecule has 0 aliphatic carbocycles. The number of methoxy groups -OCH3 is 1. The lowest BCUT2D eigenvalue weighted by Gasteiger charge is -2.16. The maximum atomic E-state index is 11.7. The van der Waals surface area contributed by atoms with E-state index in [-0.39, 0.29) is 12.8 Å². The van der Waals surface area contributed by atoms with Gasteiger partial charge in [0.2, 0.25) is 5.91 Å². The summed E-state index contributed by atoms with van der Waals surface area (Å²) in [6.45, 7) is 0.512. The Morgan fingerprint density at radius 2 is 2.22 bits per heavy atom. The molecule has 1 unspecified atom stereocenters. The lowest BCUT2D eigenvalue weighted by atomic mass is 10.1. The summed E-state index contributed by atoms with van der Waals surface area (Å²) >= 11 is 0. The van der Waals surface area contributed by atoms with E-state index in [1.807, 2.05) is 0 Å². The molecule has 1 rings (SSSR count). The molecule has 0 radical (unpaired) electrons. The Balaban J connectivity index is 2.44. The average Bonchev–Trinajstić information content (AvgIpc) is 2.87. The molecule has 2 N–H and O–H groups in total. The van der Waals surface area contributed by atoms with Crippen LogP contribution in [-0.4, -0.2) is 48.8 Å². The summed E-state index contributed by atoms with van der Waals surface area (Å²) < 4.78 is 9.56. The van der Waals surface area contributed by atoms with Crippen molar-refractivity contribution in [3.63, 3.8) is 0 Å². The van der Waals surface area contributed by atoms with Crippen molar-refractivity contribution in [3.05, 3.63) is 0 Å². The first kappa shape index (κ1) is 14.4. The van der Waals surface area contributed by atoms with Crippen LogP contribution < -0.4 is 5.32 Å². The first-order chi connectivity index (χ1) is 8.54. The van der Waals surface area contributed by atoms with E-state index in [0.29, 0.717) is 13.0 Å². The van der Waals surface area contributed by atoms with E-state index in [1.165, 1.54) is 7.11 Å². The van der Waals surface area contributed by atoms with Gasteiger partial charge in [-0.1, -0.05) is 0 Å². The normalized spacial score (nSPS) is 20.2. The number of esters is 1. The molecule has 0 aromatic carbocycles. The van der Waals surface area contributed by atoms with Crippen LogP contribution in [0.1, 0.15) is 25.7 Å². The van der Waals surface area contributed by atoms with Crippen molar-refractivity contribution in [1.29, 1.82) is 0 Å². The van der Waals surface area contributed by atoms with Crippen LogP contribution in [0.5, 0.6) is 0 Å². The van der Waals surface area contributed by atoms with E-state index < -0.39 is 30.0 Å². The SMILES string of the molecule is COC(=O)CC[C@H](NC(=O)C1CCCO1)C(=O)O. The minimum absolute atomic E-state index is 0.000463. The van der Waals surface area contributed by atoms with Gasteiger partial charge in [-0.25, -0.2) is 4.79 Å². The highest BCUT2D eigenvalue weighted by Crippen LogP contribution is 2.12. The molecule has 1 aliphatic rings. The summed E-state index contributed by atoms with van der Waals surface area (Å²) in [5.41, 5.74) is 0. The van der Waals surface area contributed by atoms with Gasteiger partial charge in [0.15, 0.2) is 0 Å². The van der Waals surface area contributed by atoms with Gasteiger partial charge in [-0.3, -0.25) is 9.59 Å². The number of amides is 1. The first-order valence-electron chi connectivity index (χ1n) is 5.76. The fourth-order valence-corrected chi connectivity index (χ4v) is 1.67. The van der Waals surface area contributed by atoms with Gasteiger partial charge in [-0.2, -0.15) is 0 Å². The fourth-order valence-electron chi connectivity index (χ4n) is 1.67. The number of carboxylic acid groups (broad SMARTS) is 1. The quantitative estimate of drug-likeness (QED) is 0.634. The van der Waals surface area contributed by atoms with Gasteiger partial charge in [0.25, 0.3) is 0 Å². The maximum Gasteiger partial charge on any atom is 0.326 e. The van der Waals surface area contributed by atoms with Crippen LogP contribution in [0.4, 0.5) is 0 Å². The van der Waals surface area contributed by atoms with Gasteiger partial charge in [-0.05, 0) is 19.3 Å². The van der Waals surface area contributed by atoms with Crippen LogP contribution in [0.3, 0.4) is 0 Å². The molecule has 0 aromatic heterocycles. The molecule has 7 nitrogen and oxygen atoms in total. The molecule has 1 saturated heterocycles. The highest BCUT2D eigenvalue weighted by Gasteiger charge is 2.28. The minimum Gasteiger partial charge on any atom is -0.480 e. The number of carbonyl (C=O) groups is 3. The van der Waals surface area contributed by atoms with E-state index in [2.05, 4.69) is 10.1 Å². The van der Waals surface area contributed by atoms with Crippen LogP contribution in [0, 0.1) is 0 Å². The second-order valence-electron chi connectivity index (χ2n) is 4.02. The highest BCUT2D eigenvalue weighted by atomic mass is 16.5. The molecule has 0 spiro atoms. The Morgan fingerprint density at radius 1 is 1.50 bits per heavy atom. The Hall–Kier alpha value is -1.63. The van der Waals surface area contributed by atoms with Crippen LogP contribution in [-0.2, 0) is 23.9 Å². The third-order valence-corrected chi connectivity index (χ3v) is 2.70. The molecule has 7 heteroatoms. The molecule has 18 heavy (non-hydrogen) atoms. The average molecular weight is 259 g/mol. The number of carbonyl (C=O) groups excluding carboxylic acids is 2. The Labute approximate surface area is 104 Å². The third kappa shape index (κ3) is 4.33. The van der Waals surface area contributed by atoms with Crippen molar-refractivity contribution in [2.24, 2.45) is 0 Å². The zero-order chi connectivity index (χ0) is 13.5. The van der Waals surface area contributed by atoms with Crippen LogP contribution in [0.2, 0.25) is 0 Å². The largest absolute Gasteiger partial charge is 0.480 e. The zero-order valence-electron chi connectivity index (χ0n) is 10.2. The van der Waals surface area contributed by atoms with E-state index in [9.17, 15) is 14.4 Å². The number of hydrogen-bond donors (Lipinski definition) is 2. The molecule has 1 aliphatic heterocycles. The predicted octanol–water partition coefficient (Wildman–Crippen LogP) is -0.312. The lowest BCUT2D eigenvalue weighted by molar-refractivity contribution is -0.145. The van der Waals surface area contributed by atoms with Crippen molar-refractivity contribution < 1.29 is 29.0 Å². The molecular weight excluding hydrogens is 242 g/mol. The second kappa shape index (κ2) is 6.95. The molecule has 1 amide bonds. The molecule has 0 aromatic rings. The highest BCUT2D eigenvalue weighted by molar-refractivity contribution is 5.86.